The summed E-state index contributed by atoms with van der Waals surface area (Å²) in [7, 11) is 1.28. The Kier molecular flexibility index (Phi) is 3.95. The van der Waals surface area contributed by atoms with E-state index in [1.54, 1.807) is 0 Å². The van der Waals surface area contributed by atoms with E-state index >= 15 is 0 Å². The molecule has 0 aliphatic heterocycles. The second-order valence-corrected chi connectivity index (χ2v) is 3.79. The molecule has 1 fully saturated rings. The molecular weight excluding hydrogens is 249 g/mol. The van der Waals surface area contributed by atoms with Gasteiger partial charge < -0.3 is 9.64 Å². The third-order valence-corrected chi connectivity index (χ3v) is 2.41. The molecule has 17 heavy (non-hydrogen) atoms. The zero-order chi connectivity index (χ0) is 13.3. The van der Waals surface area contributed by atoms with Crippen LogP contribution in [-0.2, 0) is 9.53 Å². The summed E-state index contributed by atoms with van der Waals surface area (Å²) in [5.41, 5.74) is 0. The Morgan fingerprint density at radius 3 is 2.18 bits per heavy atom. The minimum atomic E-state index is -5.86. The number of amides is 1. The Morgan fingerprint density at radius 2 is 1.82 bits per heavy atom. The van der Waals surface area contributed by atoms with Crippen molar-refractivity contribution in [1.82, 2.24) is 4.90 Å². The highest BCUT2D eigenvalue weighted by atomic mass is 19.4. The predicted octanol–water partition coefficient (Wildman–Crippen LogP) is 1.82. The van der Waals surface area contributed by atoms with Crippen LogP contribution in [0.1, 0.15) is 12.8 Å². The maximum absolute atomic E-state index is 12.8. The molecule has 0 atom stereocenters. The van der Waals surface area contributed by atoms with Gasteiger partial charge in [-0.15, -0.1) is 0 Å². The lowest BCUT2D eigenvalue weighted by Crippen LogP contribution is -2.53. The van der Waals surface area contributed by atoms with Crippen LogP contribution in [0.2, 0.25) is 0 Å². The number of hydrogen-bond acceptors (Lipinski definition) is 2. The lowest BCUT2D eigenvalue weighted by atomic mass is 10.2. The molecular formula is C9H12F5NO2. The molecule has 8 heteroatoms. The van der Waals surface area contributed by atoms with Crippen molar-refractivity contribution in [2.45, 2.75) is 31.0 Å². The topological polar surface area (TPSA) is 29.5 Å². The molecule has 3 nitrogen and oxygen atoms in total. The van der Waals surface area contributed by atoms with Crippen molar-refractivity contribution in [2.24, 2.45) is 0 Å². The number of nitrogens with zero attached hydrogens (tertiary/aromatic N) is 1. The summed E-state index contributed by atoms with van der Waals surface area (Å²) in [6, 6.07) is -0.522. The standard InChI is InChI=1S/C9H12F5NO2/c1-17-5-4-15(6-2-3-6)7(16)8(10,11)9(12,13)14/h6H,2-5H2,1H3. The Labute approximate surface area is 94.5 Å². The van der Waals surface area contributed by atoms with Crippen molar-refractivity contribution < 1.29 is 31.5 Å². The van der Waals surface area contributed by atoms with Gasteiger partial charge in [-0.25, -0.2) is 0 Å². The van der Waals surface area contributed by atoms with Crippen LogP contribution in [-0.4, -0.2) is 49.2 Å². The molecule has 0 aromatic rings. The summed E-state index contributed by atoms with van der Waals surface area (Å²) in [5, 5.41) is 0. The summed E-state index contributed by atoms with van der Waals surface area (Å²) < 4.78 is 66.3. The molecule has 0 aromatic heterocycles. The van der Waals surface area contributed by atoms with Gasteiger partial charge in [-0.1, -0.05) is 0 Å². The lowest BCUT2D eigenvalue weighted by Gasteiger charge is -2.27. The molecule has 100 valence electrons. The predicted molar refractivity (Wildman–Crippen MR) is 47.6 cm³/mol. The summed E-state index contributed by atoms with van der Waals surface area (Å²) in [6.45, 7) is -0.332. The zero-order valence-corrected chi connectivity index (χ0v) is 9.06. The second-order valence-electron chi connectivity index (χ2n) is 3.79. The maximum Gasteiger partial charge on any atom is 0.463 e. The van der Waals surface area contributed by atoms with E-state index in [0.717, 1.165) is 0 Å². The van der Waals surface area contributed by atoms with Crippen LogP contribution in [0, 0.1) is 0 Å². The van der Waals surface area contributed by atoms with E-state index in [1.807, 2.05) is 0 Å². The Morgan fingerprint density at radius 1 is 1.29 bits per heavy atom. The van der Waals surface area contributed by atoms with Crippen LogP contribution in [0.3, 0.4) is 0 Å². The largest absolute Gasteiger partial charge is 0.463 e. The molecule has 1 aliphatic rings. The number of methoxy groups -OCH3 is 1. The fourth-order valence-electron chi connectivity index (χ4n) is 1.33. The first-order chi connectivity index (χ1) is 7.71. The van der Waals surface area contributed by atoms with Gasteiger partial charge in [-0.3, -0.25) is 4.79 Å². The van der Waals surface area contributed by atoms with Crippen molar-refractivity contribution in [3.8, 4) is 0 Å². The minimum Gasteiger partial charge on any atom is -0.383 e. The SMILES string of the molecule is COCCN(C(=O)C(F)(F)C(F)(F)F)C1CC1. The van der Waals surface area contributed by atoms with Crippen LogP contribution >= 0.6 is 0 Å². The molecule has 0 spiro atoms. The third-order valence-electron chi connectivity index (χ3n) is 2.41. The van der Waals surface area contributed by atoms with E-state index in [0.29, 0.717) is 17.7 Å². The Bertz CT molecular complexity index is 288. The molecule has 0 heterocycles. The quantitative estimate of drug-likeness (QED) is 0.706. The molecule has 1 amide bonds. The molecule has 0 radical (unpaired) electrons. The first-order valence-electron chi connectivity index (χ1n) is 4.96. The van der Waals surface area contributed by atoms with Gasteiger partial charge >= 0.3 is 18.0 Å². The Balaban J connectivity index is 2.77. The van der Waals surface area contributed by atoms with Crippen molar-refractivity contribution in [1.29, 1.82) is 0 Å². The van der Waals surface area contributed by atoms with E-state index < -0.39 is 24.0 Å². The van der Waals surface area contributed by atoms with E-state index in [4.69, 9.17) is 0 Å². The van der Waals surface area contributed by atoms with Gasteiger partial charge in [-0.2, -0.15) is 22.0 Å². The van der Waals surface area contributed by atoms with E-state index in [1.165, 1.54) is 7.11 Å². The van der Waals surface area contributed by atoms with Crippen molar-refractivity contribution in [3.05, 3.63) is 0 Å². The van der Waals surface area contributed by atoms with Crippen molar-refractivity contribution >= 4 is 5.91 Å². The van der Waals surface area contributed by atoms with Crippen LogP contribution < -0.4 is 0 Å². The van der Waals surface area contributed by atoms with Crippen LogP contribution in [0.15, 0.2) is 0 Å². The van der Waals surface area contributed by atoms with E-state index in [-0.39, 0.29) is 13.2 Å². The fraction of sp³-hybridized carbons (Fsp3) is 0.889. The smallest absolute Gasteiger partial charge is 0.383 e. The molecule has 0 unspecified atom stereocenters. The first kappa shape index (κ1) is 14.1. The van der Waals surface area contributed by atoms with Crippen molar-refractivity contribution in [3.63, 3.8) is 0 Å². The average molecular weight is 261 g/mol. The van der Waals surface area contributed by atoms with Crippen molar-refractivity contribution in [2.75, 3.05) is 20.3 Å². The molecule has 1 aliphatic carbocycles. The molecule has 0 aromatic carbocycles. The van der Waals surface area contributed by atoms with Crippen LogP contribution in [0.25, 0.3) is 0 Å². The highest BCUT2D eigenvalue weighted by molar-refractivity contribution is 5.85. The summed E-state index contributed by atoms with van der Waals surface area (Å²) in [6.07, 6.45) is -4.96. The van der Waals surface area contributed by atoms with E-state index in [2.05, 4.69) is 4.74 Å². The number of carbonyl (C=O) groups is 1. The van der Waals surface area contributed by atoms with Crippen LogP contribution in [0.4, 0.5) is 22.0 Å². The summed E-state index contributed by atoms with van der Waals surface area (Å²) >= 11 is 0. The molecule has 1 rings (SSSR count). The zero-order valence-electron chi connectivity index (χ0n) is 9.06. The fourth-order valence-corrected chi connectivity index (χ4v) is 1.33. The minimum absolute atomic E-state index is 0.0732. The average Bonchev–Trinajstić information content (AvgIpc) is 3.00. The maximum atomic E-state index is 12.8. The lowest BCUT2D eigenvalue weighted by molar-refractivity contribution is -0.274. The number of rotatable bonds is 5. The summed E-state index contributed by atoms with van der Waals surface area (Å²) in [4.78, 5) is 11.8. The second kappa shape index (κ2) is 4.75. The highest BCUT2D eigenvalue weighted by Gasteiger charge is 2.65. The van der Waals surface area contributed by atoms with Gasteiger partial charge in [-0.05, 0) is 12.8 Å². The number of alkyl halides is 5. The number of hydrogen-bond donors (Lipinski definition) is 0. The third kappa shape index (κ3) is 3.05. The molecule has 1 saturated carbocycles. The monoisotopic (exact) mass is 261 g/mol. The van der Waals surface area contributed by atoms with Gasteiger partial charge in [0.2, 0.25) is 0 Å². The number of halogens is 5. The van der Waals surface area contributed by atoms with Gasteiger partial charge in [0, 0.05) is 19.7 Å². The molecule has 0 N–H and O–H groups in total. The van der Waals surface area contributed by atoms with E-state index in [9.17, 15) is 26.7 Å². The first-order valence-corrected chi connectivity index (χ1v) is 4.96. The van der Waals surface area contributed by atoms with Gasteiger partial charge in [0.15, 0.2) is 0 Å². The Hall–Kier alpha value is -0.920. The number of carbonyl (C=O) groups excluding carboxylic acids is 1. The highest BCUT2D eigenvalue weighted by Crippen LogP contribution is 2.39. The normalized spacial score (nSPS) is 17.1. The van der Waals surface area contributed by atoms with Gasteiger partial charge in [0.25, 0.3) is 0 Å². The van der Waals surface area contributed by atoms with Gasteiger partial charge in [0.1, 0.15) is 0 Å². The van der Waals surface area contributed by atoms with Crippen LogP contribution in [0.5, 0.6) is 0 Å². The molecule has 0 bridgehead atoms. The summed E-state index contributed by atoms with van der Waals surface area (Å²) in [5.74, 6) is -7.52. The van der Waals surface area contributed by atoms with Gasteiger partial charge in [0.05, 0.1) is 6.61 Å². The molecule has 0 saturated heterocycles. The number of ether oxygens (including phenoxy) is 1.